The van der Waals surface area contributed by atoms with Gasteiger partial charge in [-0.1, -0.05) is 20.8 Å². The fourth-order valence-electron chi connectivity index (χ4n) is 1.49. The highest BCUT2D eigenvalue weighted by molar-refractivity contribution is 14.1. The summed E-state index contributed by atoms with van der Waals surface area (Å²) in [4.78, 5) is 10.5. The van der Waals surface area contributed by atoms with Gasteiger partial charge in [0, 0.05) is 15.2 Å². The van der Waals surface area contributed by atoms with E-state index in [4.69, 9.17) is 4.74 Å². The summed E-state index contributed by atoms with van der Waals surface area (Å²) < 4.78 is 6.02. The summed E-state index contributed by atoms with van der Waals surface area (Å²) >= 11 is 2.08. The molecule has 5 heteroatoms. The van der Waals surface area contributed by atoms with Crippen LogP contribution in [0.3, 0.4) is 0 Å². The predicted molar refractivity (Wildman–Crippen MR) is 71.1 cm³/mol. The SMILES string of the molecule is COc1c([N+](=O)[O-])cc(I)cc1C(C)(C)C. The van der Waals surface area contributed by atoms with Crippen LogP contribution in [0, 0.1) is 13.7 Å². The molecule has 0 aliphatic carbocycles. The molecule has 0 spiro atoms. The van der Waals surface area contributed by atoms with Crippen LogP contribution in [-0.4, -0.2) is 12.0 Å². The molecule has 0 fully saturated rings. The quantitative estimate of drug-likeness (QED) is 0.472. The van der Waals surface area contributed by atoms with Gasteiger partial charge in [-0.2, -0.15) is 0 Å². The second kappa shape index (κ2) is 4.57. The molecule has 1 aromatic carbocycles. The minimum atomic E-state index is -0.407. The van der Waals surface area contributed by atoms with Crippen molar-refractivity contribution in [2.45, 2.75) is 26.2 Å². The van der Waals surface area contributed by atoms with Crippen molar-refractivity contribution in [2.75, 3.05) is 7.11 Å². The molecular formula is C11H14INO3. The number of halogens is 1. The summed E-state index contributed by atoms with van der Waals surface area (Å²) in [6.07, 6.45) is 0. The lowest BCUT2D eigenvalue weighted by Gasteiger charge is -2.22. The van der Waals surface area contributed by atoms with Crippen LogP contribution < -0.4 is 4.74 Å². The zero-order chi connectivity index (χ0) is 12.5. The molecule has 0 saturated heterocycles. The smallest absolute Gasteiger partial charge is 0.312 e. The first kappa shape index (κ1) is 13.2. The monoisotopic (exact) mass is 335 g/mol. The summed E-state index contributed by atoms with van der Waals surface area (Å²) in [6.45, 7) is 6.01. The third-order valence-corrected chi connectivity index (χ3v) is 2.87. The van der Waals surface area contributed by atoms with Crippen LogP contribution in [0.15, 0.2) is 12.1 Å². The largest absolute Gasteiger partial charge is 0.490 e. The Morgan fingerprint density at radius 1 is 1.38 bits per heavy atom. The van der Waals surface area contributed by atoms with Gasteiger partial charge in [0.05, 0.1) is 12.0 Å². The standard InChI is InChI=1S/C11H14INO3/c1-11(2,3)8-5-7(12)6-9(13(14)15)10(8)16-4/h5-6H,1-4H3. The van der Waals surface area contributed by atoms with Gasteiger partial charge in [0.15, 0.2) is 0 Å². The molecule has 0 bridgehead atoms. The third kappa shape index (κ3) is 2.63. The molecule has 4 nitrogen and oxygen atoms in total. The second-order valence-corrected chi connectivity index (χ2v) is 5.76. The van der Waals surface area contributed by atoms with Crippen molar-refractivity contribution in [3.63, 3.8) is 0 Å². The lowest BCUT2D eigenvalue weighted by Crippen LogP contribution is -2.14. The number of nitro groups is 1. The Hall–Kier alpha value is -0.850. The van der Waals surface area contributed by atoms with Crippen LogP contribution >= 0.6 is 22.6 Å². The lowest BCUT2D eigenvalue weighted by molar-refractivity contribution is -0.385. The number of benzene rings is 1. The van der Waals surface area contributed by atoms with E-state index in [9.17, 15) is 10.1 Å². The van der Waals surface area contributed by atoms with E-state index in [1.54, 1.807) is 0 Å². The molecule has 0 aromatic heterocycles. The summed E-state index contributed by atoms with van der Waals surface area (Å²) in [6, 6.07) is 3.45. The first-order valence-electron chi connectivity index (χ1n) is 4.79. The third-order valence-electron chi connectivity index (χ3n) is 2.24. The molecule has 0 heterocycles. The molecule has 16 heavy (non-hydrogen) atoms. The molecule has 0 saturated carbocycles. The Bertz CT molecular complexity index is 424. The highest BCUT2D eigenvalue weighted by Crippen LogP contribution is 2.39. The number of ether oxygens (including phenoxy) is 1. The van der Waals surface area contributed by atoms with Crippen LogP contribution in [-0.2, 0) is 5.41 Å². The van der Waals surface area contributed by atoms with Crippen molar-refractivity contribution in [3.8, 4) is 5.75 Å². The molecule has 1 aromatic rings. The highest BCUT2D eigenvalue weighted by atomic mass is 127. The summed E-state index contributed by atoms with van der Waals surface area (Å²) in [5.74, 6) is 0.359. The number of nitro benzene ring substituents is 1. The Labute approximate surface area is 108 Å². The Balaban J connectivity index is 3.55. The molecule has 0 amide bonds. The minimum absolute atomic E-state index is 0.0272. The van der Waals surface area contributed by atoms with Crippen molar-refractivity contribution in [3.05, 3.63) is 31.4 Å². The minimum Gasteiger partial charge on any atom is -0.490 e. The van der Waals surface area contributed by atoms with Crippen molar-refractivity contribution in [2.24, 2.45) is 0 Å². The second-order valence-electron chi connectivity index (χ2n) is 4.51. The van der Waals surface area contributed by atoms with E-state index in [0.717, 1.165) is 9.13 Å². The number of hydrogen-bond donors (Lipinski definition) is 0. The molecule has 88 valence electrons. The molecule has 0 aliphatic heterocycles. The average molecular weight is 335 g/mol. The average Bonchev–Trinajstić information content (AvgIpc) is 2.14. The van der Waals surface area contributed by atoms with E-state index in [0.29, 0.717) is 5.75 Å². The Morgan fingerprint density at radius 3 is 2.31 bits per heavy atom. The van der Waals surface area contributed by atoms with Crippen molar-refractivity contribution in [1.82, 2.24) is 0 Å². The first-order chi connectivity index (χ1) is 7.27. The van der Waals surface area contributed by atoms with Crippen molar-refractivity contribution in [1.29, 1.82) is 0 Å². The first-order valence-corrected chi connectivity index (χ1v) is 5.87. The highest BCUT2D eigenvalue weighted by Gasteiger charge is 2.26. The molecule has 0 aliphatic rings. The van der Waals surface area contributed by atoms with E-state index < -0.39 is 4.92 Å². The van der Waals surface area contributed by atoms with Gasteiger partial charge in [-0.3, -0.25) is 10.1 Å². The predicted octanol–water partition coefficient (Wildman–Crippen LogP) is 3.51. The fourth-order valence-corrected chi connectivity index (χ4v) is 2.09. The van der Waals surface area contributed by atoms with Gasteiger partial charge in [-0.25, -0.2) is 0 Å². The molecule has 1 rings (SSSR count). The van der Waals surface area contributed by atoms with Crippen LogP contribution in [0.25, 0.3) is 0 Å². The maximum absolute atomic E-state index is 10.9. The van der Waals surface area contributed by atoms with Gasteiger partial charge in [0.1, 0.15) is 0 Å². The zero-order valence-electron chi connectivity index (χ0n) is 9.70. The summed E-state index contributed by atoms with van der Waals surface area (Å²) in [5, 5.41) is 10.9. The molecule has 0 N–H and O–H groups in total. The maximum Gasteiger partial charge on any atom is 0.312 e. The summed E-state index contributed by atoms with van der Waals surface area (Å²) in [7, 11) is 1.46. The van der Waals surface area contributed by atoms with Gasteiger partial charge in [0.2, 0.25) is 5.75 Å². The van der Waals surface area contributed by atoms with Crippen LogP contribution in [0.2, 0.25) is 0 Å². The Kier molecular flexibility index (Phi) is 3.77. The van der Waals surface area contributed by atoms with E-state index in [2.05, 4.69) is 22.6 Å². The van der Waals surface area contributed by atoms with E-state index in [1.807, 2.05) is 26.8 Å². The van der Waals surface area contributed by atoms with Gasteiger partial charge in [-0.15, -0.1) is 0 Å². The normalized spacial score (nSPS) is 11.3. The van der Waals surface area contributed by atoms with Crippen LogP contribution in [0.5, 0.6) is 5.75 Å². The number of rotatable bonds is 2. The Morgan fingerprint density at radius 2 is 1.94 bits per heavy atom. The van der Waals surface area contributed by atoms with Crippen LogP contribution in [0.4, 0.5) is 5.69 Å². The zero-order valence-corrected chi connectivity index (χ0v) is 11.9. The molecule has 0 atom stereocenters. The maximum atomic E-state index is 10.9. The van der Waals surface area contributed by atoms with Crippen molar-refractivity contribution >= 4 is 28.3 Å². The van der Waals surface area contributed by atoms with Crippen LogP contribution in [0.1, 0.15) is 26.3 Å². The fraction of sp³-hybridized carbons (Fsp3) is 0.455. The number of nitrogens with zero attached hydrogens (tertiary/aromatic N) is 1. The van der Waals surface area contributed by atoms with E-state index in [1.165, 1.54) is 13.2 Å². The molecule has 0 radical (unpaired) electrons. The number of hydrogen-bond acceptors (Lipinski definition) is 3. The summed E-state index contributed by atoms with van der Waals surface area (Å²) in [5.41, 5.74) is 0.699. The van der Waals surface area contributed by atoms with Gasteiger partial charge in [-0.05, 0) is 34.1 Å². The van der Waals surface area contributed by atoms with E-state index in [-0.39, 0.29) is 11.1 Å². The lowest BCUT2D eigenvalue weighted by atomic mass is 9.86. The van der Waals surface area contributed by atoms with Gasteiger partial charge >= 0.3 is 5.69 Å². The number of methoxy groups -OCH3 is 1. The van der Waals surface area contributed by atoms with Gasteiger partial charge in [0.25, 0.3) is 0 Å². The molecule has 0 unspecified atom stereocenters. The van der Waals surface area contributed by atoms with Gasteiger partial charge < -0.3 is 4.74 Å². The van der Waals surface area contributed by atoms with Crippen molar-refractivity contribution < 1.29 is 9.66 Å². The van der Waals surface area contributed by atoms with E-state index >= 15 is 0 Å². The molecular weight excluding hydrogens is 321 g/mol. The topological polar surface area (TPSA) is 52.4 Å².